The fourth-order valence-electron chi connectivity index (χ4n) is 4.25. The quantitative estimate of drug-likeness (QED) is 0.559. The molecule has 8 heteroatoms. The number of aliphatic carboxylic acids is 1. The summed E-state index contributed by atoms with van der Waals surface area (Å²) >= 11 is 0. The lowest BCUT2D eigenvalue weighted by Gasteiger charge is -2.16. The molecule has 2 unspecified atom stereocenters. The van der Waals surface area contributed by atoms with Gasteiger partial charge in [0, 0.05) is 18.0 Å². The summed E-state index contributed by atoms with van der Waals surface area (Å²) in [4.78, 5) is 35.7. The first-order valence-corrected chi connectivity index (χ1v) is 10.8. The fourth-order valence-corrected chi connectivity index (χ4v) is 4.25. The average Bonchev–Trinajstić information content (AvgIpc) is 3.40. The van der Waals surface area contributed by atoms with E-state index in [9.17, 15) is 14.4 Å². The van der Waals surface area contributed by atoms with Gasteiger partial charge in [-0.1, -0.05) is 54.6 Å². The van der Waals surface area contributed by atoms with Crippen LogP contribution in [-0.2, 0) is 19.1 Å². The van der Waals surface area contributed by atoms with Gasteiger partial charge >= 0.3 is 12.1 Å². The SMILES string of the molecule is C/C(=C\CNC(=O)OCC1c2ccccc2-c2ccccc21)C(=O)NC1COCC1C(=O)O. The highest BCUT2D eigenvalue weighted by atomic mass is 16.5. The number of fused-ring (bicyclic) bond motifs is 3. The van der Waals surface area contributed by atoms with Crippen molar-refractivity contribution in [2.24, 2.45) is 5.92 Å². The number of amides is 2. The molecule has 2 amide bonds. The largest absolute Gasteiger partial charge is 0.481 e. The Kier molecular flexibility index (Phi) is 6.74. The average molecular weight is 450 g/mol. The van der Waals surface area contributed by atoms with Crippen molar-refractivity contribution in [3.8, 4) is 11.1 Å². The molecule has 2 aromatic carbocycles. The Balaban J connectivity index is 1.27. The van der Waals surface area contributed by atoms with Crippen LogP contribution in [0.4, 0.5) is 4.79 Å². The van der Waals surface area contributed by atoms with Crippen LogP contribution in [0.15, 0.2) is 60.2 Å². The van der Waals surface area contributed by atoms with Crippen molar-refractivity contribution in [1.29, 1.82) is 0 Å². The predicted molar refractivity (Wildman–Crippen MR) is 121 cm³/mol. The Morgan fingerprint density at radius 2 is 1.70 bits per heavy atom. The molecule has 3 N–H and O–H groups in total. The van der Waals surface area contributed by atoms with E-state index < -0.39 is 29.9 Å². The van der Waals surface area contributed by atoms with Crippen LogP contribution < -0.4 is 10.6 Å². The van der Waals surface area contributed by atoms with Crippen LogP contribution in [-0.4, -0.2) is 55.5 Å². The van der Waals surface area contributed by atoms with Crippen LogP contribution in [0.2, 0.25) is 0 Å². The first-order valence-electron chi connectivity index (χ1n) is 10.8. The normalized spacial score (nSPS) is 19.5. The lowest BCUT2D eigenvalue weighted by atomic mass is 9.98. The molecule has 0 aromatic heterocycles. The summed E-state index contributed by atoms with van der Waals surface area (Å²) in [6.07, 6.45) is 0.985. The number of carboxylic acid groups (broad SMARTS) is 1. The van der Waals surface area contributed by atoms with Crippen molar-refractivity contribution in [3.05, 3.63) is 71.3 Å². The monoisotopic (exact) mass is 450 g/mol. The molecule has 0 bridgehead atoms. The maximum absolute atomic E-state index is 12.3. The third kappa shape index (κ3) is 4.90. The first-order chi connectivity index (χ1) is 16.0. The van der Waals surface area contributed by atoms with Crippen molar-refractivity contribution < 1.29 is 29.0 Å². The highest BCUT2D eigenvalue weighted by Crippen LogP contribution is 2.44. The van der Waals surface area contributed by atoms with Crippen molar-refractivity contribution in [3.63, 3.8) is 0 Å². The second-order valence-electron chi connectivity index (χ2n) is 8.16. The van der Waals surface area contributed by atoms with Crippen LogP contribution in [0.25, 0.3) is 11.1 Å². The summed E-state index contributed by atoms with van der Waals surface area (Å²) in [6.45, 7) is 2.15. The van der Waals surface area contributed by atoms with Crippen LogP contribution in [0.1, 0.15) is 24.0 Å². The summed E-state index contributed by atoms with van der Waals surface area (Å²) in [6, 6.07) is 15.6. The molecule has 2 aliphatic rings. The minimum atomic E-state index is -1.00. The van der Waals surface area contributed by atoms with Gasteiger partial charge in [0.15, 0.2) is 0 Å². The molecule has 0 spiro atoms. The molecule has 8 nitrogen and oxygen atoms in total. The number of carbonyl (C=O) groups excluding carboxylic acids is 2. The highest BCUT2D eigenvalue weighted by molar-refractivity contribution is 5.93. The van der Waals surface area contributed by atoms with Gasteiger partial charge in [-0.25, -0.2) is 4.79 Å². The summed E-state index contributed by atoms with van der Waals surface area (Å²) < 4.78 is 10.6. The van der Waals surface area contributed by atoms with Gasteiger partial charge in [-0.3, -0.25) is 9.59 Å². The lowest BCUT2D eigenvalue weighted by molar-refractivity contribution is -0.142. The molecule has 1 fully saturated rings. The number of benzene rings is 2. The summed E-state index contributed by atoms with van der Waals surface area (Å²) in [5.74, 6) is -2.19. The van der Waals surface area contributed by atoms with E-state index in [1.165, 1.54) is 0 Å². The van der Waals surface area contributed by atoms with Gasteiger partial charge in [-0.05, 0) is 29.2 Å². The molecular formula is C25H26N2O6. The molecule has 4 rings (SSSR count). The van der Waals surface area contributed by atoms with Gasteiger partial charge in [0.05, 0.1) is 19.3 Å². The lowest BCUT2D eigenvalue weighted by Crippen LogP contribution is -2.43. The third-order valence-corrected chi connectivity index (χ3v) is 6.07. The van der Waals surface area contributed by atoms with E-state index in [-0.39, 0.29) is 32.3 Å². The molecular weight excluding hydrogens is 424 g/mol. The number of hydrogen-bond acceptors (Lipinski definition) is 5. The summed E-state index contributed by atoms with van der Waals surface area (Å²) in [5.41, 5.74) is 4.95. The third-order valence-electron chi connectivity index (χ3n) is 6.07. The Hall–Kier alpha value is -3.65. The van der Waals surface area contributed by atoms with Crippen LogP contribution in [0.5, 0.6) is 0 Å². The van der Waals surface area contributed by atoms with Crippen LogP contribution >= 0.6 is 0 Å². The smallest absolute Gasteiger partial charge is 0.407 e. The fraction of sp³-hybridized carbons (Fsp3) is 0.320. The number of rotatable bonds is 7. The van der Waals surface area contributed by atoms with Crippen molar-refractivity contribution in [2.45, 2.75) is 18.9 Å². The maximum atomic E-state index is 12.3. The minimum Gasteiger partial charge on any atom is -0.481 e. The topological polar surface area (TPSA) is 114 Å². The zero-order chi connectivity index (χ0) is 23.4. The molecule has 1 heterocycles. The second kappa shape index (κ2) is 9.87. The molecule has 1 saturated heterocycles. The molecule has 0 radical (unpaired) electrons. The molecule has 1 aliphatic heterocycles. The number of alkyl carbamates (subject to hydrolysis) is 1. The Labute approximate surface area is 191 Å². The van der Waals surface area contributed by atoms with Gasteiger partial charge in [0.2, 0.25) is 5.91 Å². The van der Waals surface area contributed by atoms with E-state index in [0.29, 0.717) is 5.57 Å². The summed E-state index contributed by atoms with van der Waals surface area (Å²) in [5, 5.41) is 14.5. The Morgan fingerprint density at radius 3 is 2.33 bits per heavy atom. The highest BCUT2D eigenvalue weighted by Gasteiger charge is 2.35. The van der Waals surface area contributed by atoms with Gasteiger partial charge in [0.1, 0.15) is 12.5 Å². The molecule has 1 aliphatic carbocycles. The first kappa shape index (κ1) is 22.5. The zero-order valence-corrected chi connectivity index (χ0v) is 18.2. The van der Waals surface area contributed by atoms with E-state index in [4.69, 9.17) is 14.6 Å². The second-order valence-corrected chi connectivity index (χ2v) is 8.16. The van der Waals surface area contributed by atoms with E-state index in [2.05, 4.69) is 34.9 Å². The van der Waals surface area contributed by atoms with Crippen LogP contribution in [0, 0.1) is 5.92 Å². The van der Waals surface area contributed by atoms with Crippen molar-refractivity contribution >= 4 is 18.0 Å². The zero-order valence-electron chi connectivity index (χ0n) is 18.2. The number of carbonyl (C=O) groups is 3. The standard InChI is InChI=1S/C25H26N2O6/c1-15(23(28)27-22-14-32-12-21(22)24(29)30)10-11-26-25(31)33-13-20-18-8-4-2-6-16(18)17-7-3-5-9-19(17)20/h2-10,20-22H,11-14H2,1H3,(H,26,31)(H,27,28)(H,29,30)/b15-10+. The Morgan fingerprint density at radius 1 is 1.06 bits per heavy atom. The van der Waals surface area contributed by atoms with Crippen LogP contribution in [0.3, 0.4) is 0 Å². The van der Waals surface area contributed by atoms with Gasteiger partial charge in [-0.2, -0.15) is 0 Å². The van der Waals surface area contributed by atoms with Gasteiger partial charge in [0.25, 0.3) is 0 Å². The number of hydrogen-bond donors (Lipinski definition) is 3. The van der Waals surface area contributed by atoms with Crippen molar-refractivity contribution in [1.82, 2.24) is 10.6 Å². The van der Waals surface area contributed by atoms with E-state index in [1.807, 2.05) is 24.3 Å². The van der Waals surface area contributed by atoms with E-state index >= 15 is 0 Å². The molecule has 2 aromatic rings. The molecule has 33 heavy (non-hydrogen) atoms. The van der Waals surface area contributed by atoms with Crippen molar-refractivity contribution in [2.75, 3.05) is 26.4 Å². The molecule has 172 valence electrons. The summed E-state index contributed by atoms with van der Waals surface area (Å²) in [7, 11) is 0. The molecule has 0 saturated carbocycles. The predicted octanol–water partition coefficient (Wildman–Crippen LogP) is 2.69. The van der Waals surface area contributed by atoms with E-state index in [0.717, 1.165) is 22.3 Å². The maximum Gasteiger partial charge on any atom is 0.407 e. The van der Waals surface area contributed by atoms with Gasteiger partial charge in [-0.15, -0.1) is 0 Å². The molecule has 2 atom stereocenters. The van der Waals surface area contributed by atoms with Gasteiger partial charge < -0.3 is 25.2 Å². The number of ether oxygens (including phenoxy) is 2. The number of nitrogens with one attached hydrogen (secondary N) is 2. The minimum absolute atomic E-state index is 0.0259. The van der Waals surface area contributed by atoms with E-state index in [1.54, 1.807) is 13.0 Å². The Bertz CT molecular complexity index is 1050. The number of carboxylic acids is 1.